The normalized spacial score (nSPS) is 19.8. The number of H-pyrrole nitrogens is 1. The van der Waals surface area contributed by atoms with Crippen LogP contribution in [0.15, 0.2) is 24.3 Å². The van der Waals surface area contributed by atoms with Crippen LogP contribution >= 0.6 is 12.2 Å². The molecule has 0 bridgehead atoms. The van der Waals surface area contributed by atoms with Gasteiger partial charge in [-0.05, 0) is 31.5 Å². The van der Waals surface area contributed by atoms with Gasteiger partial charge in [0.25, 0.3) is 0 Å². The van der Waals surface area contributed by atoms with Crippen molar-refractivity contribution < 1.29 is 9.53 Å². The van der Waals surface area contributed by atoms with Crippen LogP contribution in [-0.2, 0) is 16.1 Å². The van der Waals surface area contributed by atoms with Crippen LogP contribution in [-0.4, -0.2) is 39.9 Å². The number of hydrogen-bond acceptors (Lipinski definition) is 4. The van der Waals surface area contributed by atoms with Crippen LogP contribution in [0.3, 0.4) is 0 Å². The van der Waals surface area contributed by atoms with Crippen molar-refractivity contribution in [3.8, 4) is 11.4 Å². The largest absolute Gasteiger partial charge is 0.378 e. The zero-order chi connectivity index (χ0) is 18.7. The van der Waals surface area contributed by atoms with Gasteiger partial charge < -0.3 is 10.1 Å². The number of nitrogens with one attached hydrogen (secondary N) is 2. The molecular weight excluding hydrogens is 348 g/mol. The van der Waals surface area contributed by atoms with Crippen molar-refractivity contribution in [1.29, 1.82) is 0 Å². The van der Waals surface area contributed by atoms with E-state index in [-0.39, 0.29) is 18.6 Å². The summed E-state index contributed by atoms with van der Waals surface area (Å²) in [6, 6.07) is 8.00. The van der Waals surface area contributed by atoms with Crippen LogP contribution in [0, 0.1) is 23.5 Å². The van der Waals surface area contributed by atoms with Crippen molar-refractivity contribution in [2.45, 2.75) is 39.8 Å². The second-order valence-electron chi connectivity index (χ2n) is 7.24. The van der Waals surface area contributed by atoms with Gasteiger partial charge in [-0.3, -0.25) is 14.5 Å². The third-order valence-electron chi connectivity index (χ3n) is 4.85. The molecule has 140 valence electrons. The van der Waals surface area contributed by atoms with Gasteiger partial charge in [0.05, 0.1) is 6.10 Å². The maximum Gasteiger partial charge on any atom is 0.240 e. The van der Waals surface area contributed by atoms with Crippen LogP contribution < -0.4 is 5.32 Å². The molecular formula is C19H26N4O2S. The van der Waals surface area contributed by atoms with E-state index in [0.717, 1.165) is 18.6 Å². The number of hydrogen-bond donors (Lipinski definition) is 2. The minimum Gasteiger partial charge on any atom is -0.378 e. The topological polar surface area (TPSA) is 71.9 Å². The Bertz CT molecular complexity index is 810. The summed E-state index contributed by atoms with van der Waals surface area (Å²) < 4.78 is 7.96. The standard InChI is InChI=1S/C19H26N4O2S/c1-12(2)17-15(8-9-25-17)10-20-16(24)11-23-18(21-22-19(23)26)14-6-4-13(3)5-7-14/h4-7,12,15,17H,8-11H2,1-3H3,(H,20,24)(H,22,26)/t15-,17-/m0/s1. The Labute approximate surface area is 159 Å². The monoisotopic (exact) mass is 374 g/mol. The number of aryl methyl sites for hydroxylation is 1. The molecule has 3 rings (SSSR count). The lowest BCUT2D eigenvalue weighted by Crippen LogP contribution is -2.36. The first-order chi connectivity index (χ1) is 12.5. The molecule has 0 saturated carbocycles. The number of rotatable bonds is 6. The predicted octanol–water partition coefficient (Wildman–Crippen LogP) is 3.09. The Morgan fingerprint density at radius 1 is 1.42 bits per heavy atom. The third-order valence-corrected chi connectivity index (χ3v) is 5.16. The second-order valence-corrected chi connectivity index (χ2v) is 7.62. The summed E-state index contributed by atoms with van der Waals surface area (Å²) in [5.41, 5.74) is 2.10. The Balaban J connectivity index is 1.65. The summed E-state index contributed by atoms with van der Waals surface area (Å²) in [5.74, 6) is 1.43. The van der Waals surface area contributed by atoms with Gasteiger partial charge in [0.2, 0.25) is 5.91 Å². The lowest BCUT2D eigenvalue weighted by molar-refractivity contribution is -0.122. The first-order valence-electron chi connectivity index (χ1n) is 9.06. The maximum atomic E-state index is 12.5. The quantitative estimate of drug-likeness (QED) is 0.762. The third kappa shape index (κ3) is 4.22. The molecule has 0 spiro atoms. The van der Waals surface area contributed by atoms with Gasteiger partial charge in [-0.25, -0.2) is 0 Å². The molecule has 1 amide bonds. The fourth-order valence-corrected chi connectivity index (χ4v) is 3.64. The van der Waals surface area contributed by atoms with Crippen molar-refractivity contribution in [3.63, 3.8) is 0 Å². The molecule has 6 nitrogen and oxygen atoms in total. The number of benzene rings is 1. The van der Waals surface area contributed by atoms with Crippen molar-refractivity contribution >= 4 is 18.1 Å². The molecule has 1 aromatic carbocycles. The second kappa shape index (κ2) is 8.14. The molecule has 2 heterocycles. The Morgan fingerprint density at radius 2 is 2.15 bits per heavy atom. The van der Waals surface area contributed by atoms with Gasteiger partial charge in [-0.1, -0.05) is 43.7 Å². The lowest BCUT2D eigenvalue weighted by Gasteiger charge is -2.22. The van der Waals surface area contributed by atoms with E-state index < -0.39 is 0 Å². The fraction of sp³-hybridized carbons (Fsp3) is 0.526. The number of nitrogens with zero attached hydrogens (tertiary/aromatic N) is 2. The van der Waals surface area contributed by atoms with E-state index in [1.165, 1.54) is 5.56 Å². The molecule has 2 atom stereocenters. The van der Waals surface area contributed by atoms with E-state index in [4.69, 9.17) is 17.0 Å². The van der Waals surface area contributed by atoms with Gasteiger partial charge in [-0.2, -0.15) is 5.10 Å². The first kappa shape index (κ1) is 18.8. The predicted molar refractivity (Wildman–Crippen MR) is 103 cm³/mol. The van der Waals surface area contributed by atoms with Crippen molar-refractivity contribution in [2.75, 3.05) is 13.2 Å². The summed E-state index contributed by atoms with van der Waals surface area (Å²) in [6.45, 7) is 7.90. The van der Waals surface area contributed by atoms with Crippen molar-refractivity contribution in [3.05, 3.63) is 34.6 Å². The number of carbonyl (C=O) groups excluding carboxylic acids is 1. The zero-order valence-corrected chi connectivity index (χ0v) is 16.3. The van der Waals surface area contributed by atoms with Crippen molar-refractivity contribution in [1.82, 2.24) is 20.1 Å². The number of aromatic nitrogens is 3. The molecule has 1 fully saturated rings. The van der Waals surface area contributed by atoms with Gasteiger partial charge >= 0.3 is 0 Å². The molecule has 0 aliphatic carbocycles. The van der Waals surface area contributed by atoms with Crippen LogP contribution in [0.2, 0.25) is 0 Å². The maximum absolute atomic E-state index is 12.5. The summed E-state index contributed by atoms with van der Waals surface area (Å²) >= 11 is 5.31. The van der Waals surface area contributed by atoms with Gasteiger partial charge in [0.1, 0.15) is 6.54 Å². The van der Waals surface area contributed by atoms with Crippen LogP contribution in [0.5, 0.6) is 0 Å². The molecule has 1 aliphatic heterocycles. The average Bonchev–Trinajstić information content (AvgIpc) is 3.22. The number of amides is 1. The minimum absolute atomic E-state index is 0.0646. The summed E-state index contributed by atoms with van der Waals surface area (Å²) in [5, 5.41) is 10.1. The molecule has 2 N–H and O–H groups in total. The van der Waals surface area contributed by atoms with E-state index in [2.05, 4.69) is 29.4 Å². The molecule has 2 aromatic rings. The average molecular weight is 375 g/mol. The van der Waals surface area contributed by atoms with E-state index >= 15 is 0 Å². The van der Waals surface area contributed by atoms with Crippen LogP contribution in [0.4, 0.5) is 0 Å². The van der Waals surface area contributed by atoms with E-state index in [1.54, 1.807) is 4.57 Å². The van der Waals surface area contributed by atoms with Gasteiger partial charge in [0.15, 0.2) is 10.6 Å². The SMILES string of the molecule is Cc1ccc(-c2n[nH]c(=S)n2CC(=O)NC[C@@H]2CCO[C@H]2C(C)C)cc1. The molecule has 1 aromatic heterocycles. The first-order valence-corrected chi connectivity index (χ1v) is 9.47. The molecule has 0 radical (unpaired) electrons. The summed E-state index contributed by atoms with van der Waals surface area (Å²) in [6.07, 6.45) is 1.21. The number of carbonyl (C=O) groups is 1. The lowest BCUT2D eigenvalue weighted by atomic mass is 9.93. The molecule has 26 heavy (non-hydrogen) atoms. The van der Waals surface area contributed by atoms with Gasteiger partial charge in [0, 0.05) is 24.6 Å². The highest BCUT2D eigenvalue weighted by atomic mass is 32.1. The van der Waals surface area contributed by atoms with E-state index in [0.29, 0.717) is 29.0 Å². The van der Waals surface area contributed by atoms with Gasteiger partial charge in [-0.15, -0.1) is 0 Å². The zero-order valence-electron chi connectivity index (χ0n) is 15.5. The van der Waals surface area contributed by atoms with E-state index in [9.17, 15) is 4.79 Å². The highest BCUT2D eigenvalue weighted by Crippen LogP contribution is 2.26. The van der Waals surface area contributed by atoms with Crippen LogP contribution in [0.1, 0.15) is 25.8 Å². The van der Waals surface area contributed by atoms with Crippen LogP contribution in [0.25, 0.3) is 11.4 Å². The minimum atomic E-state index is -0.0646. The molecule has 1 saturated heterocycles. The summed E-state index contributed by atoms with van der Waals surface area (Å²) in [4.78, 5) is 12.5. The Hall–Kier alpha value is -1.99. The molecule has 0 unspecified atom stereocenters. The Kier molecular flexibility index (Phi) is 5.88. The highest BCUT2D eigenvalue weighted by molar-refractivity contribution is 7.71. The molecule has 1 aliphatic rings. The fourth-order valence-electron chi connectivity index (χ4n) is 3.44. The summed E-state index contributed by atoms with van der Waals surface area (Å²) in [7, 11) is 0. The number of ether oxygens (including phenoxy) is 1. The number of aromatic amines is 1. The highest BCUT2D eigenvalue weighted by Gasteiger charge is 2.30. The van der Waals surface area contributed by atoms with Crippen molar-refractivity contribution in [2.24, 2.45) is 11.8 Å². The smallest absolute Gasteiger partial charge is 0.240 e. The Morgan fingerprint density at radius 3 is 2.85 bits per heavy atom. The molecule has 7 heteroatoms. The van der Waals surface area contributed by atoms with E-state index in [1.807, 2.05) is 31.2 Å².